The number of piperazine rings is 1. The Morgan fingerprint density at radius 2 is 2.00 bits per heavy atom. The average Bonchev–Trinajstić information content (AvgIpc) is 2.71. The van der Waals surface area contributed by atoms with Gasteiger partial charge in [0.1, 0.15) is 6.04 Å². The zero-order valence-electron chi connectivity index (χ0n) is 15.1. The molecule has 0 saturated carbocycles. The summed E-state index contributed by atoms with van der Waals surface area (Å²) in [6.45, 7) is 1.80. The van der Waals surface area contributed by atoms with Crippen LogP contribution in [0.1, 0.15) is 17.5 Å². The summed E-state index contributed by atoms with van der Waals surface area (Å²) in [6.07, 6.45) is 0.0377. The SMILES string of the molecule is COC(=O)C[C@H]1C(=O)NCCN1Cc1ccc(-c2ccccc2C#N)cc1. The molecule has 1 amide bonds. The van der Waals surface area contributed by atoms with Gasteiger partial charge < -0.3 is 10.1 Å². The maximum Gasteiger partial charge on any atom is 0.307 e. The summed E-state index contributed by atoms with van der Waals surface area (Å²) in [5, 5.41) is 12.1. The zero-order chi connectivity index (χ0) is 19.2. The van der Waals surface area contributed by atoms with Gasteiger partial charge in [-0.05, 0) is 22.8 Å². The highest BCUT2D eigenvalue weighted by molar-refractivity contribution is 5.87. The first-order valence-electron chi connectivity index (χ1n) is 8.79. The summed E-state index contributed by atoms with van der Waals surface area (Å²) in [6, 6.07) is 17.1. The monoisotopic (exact) mass is 363 g/mol. The second-order valence-corrected chi connectivity index (χ2v) is 6.41. The number of benzene rings is 2. The summed E-state index contributed by atoms with van der Waals surface area (Å²) >= 11 is 0. The highest BCUT2D eigenvalue weighted by Crippen LogP contribution is 2.24. The molecule has 0 radical (unpaired) electrons. The van der Waals surface area contributed by atoms with E-state index >= 15 is 0 Å². The van der Waals surface area contributed by atoms with Gasteiger partial charge in [0.05, 0.1) is 25.2 Å². The maximum absolute atomic E-state index is 12.2. The fraction of sp³-hybridized carbons (Fsp3) is 0.286. The predicted molar refractivity (Wildman–Crippen MR) is 100 cm³/mol. The molecule has 1 saturated heterocycles. The van der Waals surface area contributed by atoms with E-state index in [1.807, 2.05) is 47.4 Å². The summed E-state index contributed by atoms with van der Waals surface area (Å²) < 4.78 is 4.71. The highest BCUT2D eigenvalue weighted by Gasteiger charge is 2.31. The van der Waals surface area contributed by atoms with Gasteiger partial charge in [0, 0.05) is 19.6 Å². The van der Waals surface area contributed by atoms with Crippen LogP contribution >= 0.6 is 0 Å². The van der Waals surface area contributed by atoms with Crippen molar-refractivity contribution >= 4 is 11.9 Å². The van der Waals surface area contributed by atoms with Crippen LogP contribution in [-0.2, 0) is 20.9 Å². The van der Waals surface area contributed by atoms with Crippen molar-refractivity contribution in [3.05, 3.63) is 59.7 Å². The molecule has 0 bridgehead atoms. The highest BCUT2D eigenvalue weighted by atomic mass is 16.5. The Morgan fingerprint density at radius 1 is 1.26 bits per heavy atom. The summed E-state index contributed by atoms with van der Waals surface area (Å²) in [5.74, 6) is -0.545. The first-order valence-corrected chi connectivity index (χ1v) is 8.79. The number of nitriles is 1. The number of carbonyl (C=O) groups is 2. The molecular weight excluding hydrogens is 342 g/mol. The van der Waals surface area contributed by atoms with Crippen molar-refractivity contribution in [2.24, 2.45) is 0 Å². The molecule has 1 fully saturated rings. The lowest BCUT2D eigenvalue weighted by atomic mass is 9.99. The Kier molecular flexibility index (Phi) is 5.84. The average molecular weight is 363 g/mol. The molecule has 27 heavy (non-hydrogen) atoms. The minimum absolute atomic E-state index is 0.0377. The number of rotatable bonds is 5. The van der Waals surface area contributed by atoms with Crippen LogP contribution in [0.5, 0.6) is 0 Å². The van der Waals surface area contributed by atoms with Crippen LogP contribution in [0, 0.1) is 11.3 Å². The molecule has 0 unspecified atom stereocenters. The molecule has 3 rings (SSSR count). The third kappa shape index (κ3) is 4.33. The minimum Gasteiger partial charge on any atom is -0.469 e. The lowest BCUT2D eigenvalue weighted by Crippen LogP contribution is -2.55. The Labute approximate surface area is 158 Å². The van der Waals surface area contributed by atoms with E-state index in [9.17, 15) is 14.9 Å². The van der Waals surface area contributed by atoms with Gasteiger partial charge in [-0.2, -0.15) is 5.26 Å². The Bertz CT molecular complexity index is 871. The molecule has 1 aliphatic rings. The third-order valence-corrected chi connectivity index (χ3v) is 4.73. The molecule has 2 aromatic carbocycles. The fourth-order valence-electron chi connectivity index (χ4n) is 3.27. The Hall–Kier alpha value is -3.17. The lowest BCUT2D eigenvalue weighted by Gasteiger charge is -2.34. The van der Waals surface area contributed by atoms with Crippen LogP contribution < -0.4 is 5.32 Å². The molecule has 1 atom stereocenters. The van der Waals surface area contributed by atoms with Gasteiger partial charge in [0.25, 0.3) is 0 Å². The first kappa shape index (κ1) is 18.6. The largest absolute Gasteiger partial charge is 0.469 e. The number of esters is 1. The smallest absolute Gasteiger partial charge is 0.307 e. The van der Waals surface area contributed by atoms with E-state index in [0.29, 0.717) is 25.2 Å². The van der Waals surface area contributed by atoms with Gasteiger partial charge in [-0.1, -0.05) is 42.5 Å². The van der Waals surface area contributed by atoms with Gasteiger partial charge >= 0.3 is 5.97 Å². The normalized spacial score (nSPS) is 17.0. The number of nitrogens with zero attached hydrogens (tertiary/aromatic N) is 2. The molecule has 138 valence electrons. The molecule has 1 heterocycles. The Morgan fingerprint density at radius 3 is 2.70 bits per heavy atom. The van der Waals surface area contributed by atoms with E-state index in [1.54, 1.807) is 6.07 Å². The number of hydrogen-bond acceptors (Lipinski definition) is 5. The van der Waals surface area contributed by atoms with Gasteiger partial charge in [0.15, 0.2) is 0 Å². The van der Waals surface area contributed by atoms with E-state index in [4.69, 9.17) is 4.74 Å². The summed E-state index contributed by atoms with van der Waals surface area (Å²) in [5.41, 5.74) is 3.54. The number of ether oxygens (including phenoxy) is 1. The van der Waals surface area contributed by atoms with Gasteiger partial charge in [0.2, 0.25) is 5.91 Å². The third-order valence-electron chi connectivity index (χ3n) is 4.73. The molecule has 1 aliphatic heterocycles. The quantitative estimate of drug-likeness (QED) is 0.823. The van der Waals surface area contributed by atoms with E-state index in [2.05, 4.69) is 11.4 Å². The number of carbonyl (C=O) groups excluding carboxylic acids is 2. The van der Waals surface area contributed by atoms with Crippen molar-refractivity contribution in [3.8, 4) is 17.2 Å². The fourth-order valence-corrected chi connectivity index (χ4v) is 3.27. The number of methoxy groups -OCH3 is 1. The standard InChI is InChI=1S/C21H21N3O3/c1-27-20(25)12-19-21(26)23-10-11-24(19)14-15-6-8-16(9-7-15)18-5-3-2-4-17(18)13-22/h2-9,19H,10-12,14H2,1H3,(H,23,26)/t19-/m0/s1. The van der Waals surface area contributed by atoms with Gasteiger partial charge in [-0.25, -0.2) is 0 Å². The van der Waals surface area contributed by atoms with Gasteiger partial charge in [-0.15, -0.1) is 0 Å². The van der Waals surface area contributed by atoms with Crippen molar-refractivity contribution in [1.82, 2.24) is 10.2 Å². The summed E-state index contributed by atoms with van der Waals surface area (Å²) in [4.78, 5) is 25.8. The van der Waals surface area contributed by atoms with Crippen LogP contribution in [0.2, 0.25) is 0 Å². The van der Waals surface area contributed by atoms with E-state index < -0.39 is 12.0 Å². The zero-order valence-corrected chi connectivity index (χ0v) is 15.1. The number of nitrogens with one attached hydrogen (secondary N) is 1. The van der Waals surface area contributed by atoms with Crippen molar-refractivity contribution in [1.29, 1.82) is 5.26 Å². The van der Waals surface area contributed by atoms with Crippen molar-refractivity contribution in [2.45, 2.75) is 19.0 Å². The topological polar surface area (TPSA) is 82.4 Å². The molecule has 1 N–H and O–H groups in total. The first-order chi connectivity index (χ1) is 13.1. The molecular formula is C21H21N3O3. The predicted octanol–water partition coefficient (Wildman–Crippen LogP) is 2.09. The summed E-state index contributed by atoms with van der Waals surface area (Å²) in [7, 11) is 1.32. The van der Waals surface area contributed by atoms with Gasteiger partial charge in [-0.3, -0.25) is 14.5 Å². The van der Waals surface area contributed by atoms with Crippen LogP contribution in [0.3, 0.4) is 0 Å². The van der Waals surface area contributed by atoms with E-state index in [1.165, 1.54) is 7.11 Å². The van der Waals surface area contributed by atoms with Crippen molar-refractivity contribution in [2.75, 3.05) is 20.2 Å². The number of amides is 1. The molecule has 2 aromatic rings. The van der Waals surface area contributed by atoms with E-state index in [0.717, 1.165) is 16.7 Å². The van der Waals surface area contributed by atoms with Crippen molar-refractivity contribution < 1.29 is 14.3 Å². The molecule has 0 aromatic heterocycles. The molecule has 6 nitrogen and oxygen atoms in total. The van der Waals surface area contributed by atoms with Crippen LogP contribution in [0.25, 0.3) is 11.1 Å². The van der Waals surface area contributed by atoms with Crippen LogP contribution in [0.15, 0.2) is 48.5 Å². The second-order valence-electron chi connectivity index (χ2n) is 6.41. The maximum atomic E-state index is 12.2. The lowest BCUT2D eigenvalue weighted by molar-refractivity contribution is -0.146. The van der Waals surface area contributed by atoms with Crippen molar-refractivity contribution in [3.63, 3.8) is 0 Å². The molecule has 6 heteroatoms. The Balaban J connectivity index is 1.76. The van der Waals surface area contributed by atoms with E-state index in [-0.39, 0.29) is 12.3 Å². The minimum atomic E-state index is -0.523. The number of hydrogen-bond donors (Lipinski definition) is 1. The second kappa shape index (κ2) is 8.47. The molecule has 0 spiro atoms. The van der Waals surface area contributed by atoms with Crippen LogP contribution in [0.4, 0.5) is 0 Å². The molecule has 0 aliphatic carbocycles. The van der Waals surface area contributed by atoms with Crippen LogP contribution in [-0.4, -0.2) is 43.0 Å².